The molecule has 0 aromatic heterocycles. The van der Waals surface area contributed by atoms with E-state index in [1.165, 1.54) is 0 Å². The molecular weight excluding hydrogens is 238 g/mol. The second-order valence-electron chi connectivity index (χ2n) is 5.40. The van der Waals surface area contributed by atoms with Crippen molar-refractivity contribution in [2.75, 3.05) is 20.1 Å². The molecule has 0 aliphatic heterocycles. The van der Waals surface area contributed by atoms with Crippen LogP contribution in [0.15, 0.2) is 30.3 Å². The van der Waals surface area contributed by atoms with E-state index in [1.54, 1.807) is 6.92 Å². The molecule has 0 fully saturated rings. The second kappa shape index (κ2) is 6.68. The Morgan fingerprint density at radius 2 is 1.95 bits per heavy atom. The van der Waals surface area contributed by atoms with Crippen molar-refractivity contribution in [3.05, 3.63) is 35.9 Å². The lowest BCUT2D eigenvalue weighted by molar-refractivity contribution is -0.126. The van der Waals surface area contributed by atoms with Crippen LogP contribution >= 0.6 is 0 Å². The standard InChI is InChI=1S/C15H25N3O/c1-12(2)18(4)11-10-17-14(19)15(3,16)13-8-6-5-7-9-13/h5-9,12H,10-11,16H2,1-4H3,(H,17,19). The average Bonchev–Trinajstić information content (AvgIpc) is 2.39. The number of hydrogen-bond acceptors (Lipinski definition) is 3. The molecule has 0 spiro atoms. The maximum atomic E-state index is 12.2. The third kappa shape index (κ3) is 4.33. The van der Waals surface area contributed by atoms with E-state index >= 15 is 0 Å². The van der Waals surface area contributed by atoms with Gasteiger partial charge in [-0.1, -0.05) is 30.3 Å². The number of nitrogens with one attached hydrogen (secondary N) is 1. The highest BCUT2D eigenvalue weighted by Gasteiger charge is 2.29. The topological polar surface area (TPSA) is 58.4 Å². The van der Waals surface area contributed by atoms with Gasteiger partial charge in [0.25, 0.3) is 0 Å². The minimum Gasteiger partial charge on any atom is -0.353 e. The maximum absolute atomic E-state index is 12.2. The molecule has 1 atom stereocenters. The summed E-state index contributed by atoms with van der Waals surface area (Å²) in [4.78, 5) is 14.3. The highest BCUT2D eigenvalue weighted by atomic mass is 16.2. The summed E-state index contributed by atoms with van der Waals surface area (Å²) >= 11 is 0. The fourth-order valence-corrected chi connectivity index (χ4v) is 1.70. The number of hydrogen-bond donors (Lipinski definition) is 2. The smallest absolute Gasteiger partial charge is 0.244 e. The number of carbonyl (C=O) groups is 1. The first-order valence-corrected chi connectivity index (χ1v) is 6.68. The molecule has 0 bridgehead atoms. The number of nitrogens with two attached hydrogens (primary N) is 1. The predicted molar refractivity (Wildman–Crippen MR) is 78.8 cm³/mol. The van der Waals surface area contributed by atoms with Gasteiger partial charge in [0, 0.05) is 19.1 Å². The first-order valence-electron chi connectivity index (χ1n) is 6.68. The summed E-state index contributed by atoms with van der Waals surface area (Å²) in [7, 11) is 2.04. The first-order chi connectivity index (χ1) is 8.85. The van der Waals surface area contributed by atoms with Crippen molar-refractivity contribution in [2.45, 2.75) is 32.4 Å². The maximum Gasteiger partial charge on any atom is 0.244 e. The van der Waals surface area contributed by atoms with E-state index in [2.05, 4.69) is 24.1 Å². The molecule has 0 aliphatic rings. The van der Waals surface area contributed by atoms with Gasteiger partial charge >= 0.3 is 0 Å². The summed E-state index contributed by atoms with van der Waals surface area (Å²) in [5, 5.41) is 2.90. The number of amides is 1. The van der Waals surface area contributed by atoms with E-state index < -0.39 is 5.54 Å². The molecular formula is C15H25N3O. The quantitative estimate of drug-likeness (QED) is 0.814. The molecule has 0 saturated carbocycles. The zero-order valence-corrected chi connectivity index (χ0v) is 12.3. The molecule has 0 saturated heterocycles. The lowest BCUT2D eigenvalue weighted by atomic mass is 9.92. The third-order valence-electron chi connectivity index (χ3n) is 3.48. The Morgan fingerprint density at radius 3 is 2.47 bits per heavy atom. The largest absolute Gasteiger partial charge is 0.353 e. The molecule has 4 nitrogen and oxygen atoms in total. The molecule has 3 N–H and O–H groups in total. The van der Waals surface area contributed by atoms with Crippen molar-refractivity contribution in [1.29, 1.82) is 0 Å². The van der Waals surface area contributed by atoms with E-state index in [-0.39, 0.29) is 5.91 Å². The van der Waals surface area contributed by atoms with Crippen LogP contribution in [0.25, 0.3) is 0 Å². The molecule has 1 unspecified atom stereocenters. The molecule has 1 rings (SSSR count). The van der Waals surface area contributed by atoms with Gasteiger partial charge in [0.05, 0.1) is 0 Å². The lowest BCUT2D eigenvalue weighted by Crippen LogP contribution is -2.50. The van der Waals surface area contributed by atoms with Crippen LogP contribution in [0.5, 0.6) is 0 Å². The summed E-state index contributed by atoms with van der Waals surface area (Å²) in [6, 6.07) is 9.91. The van der Waals surface area contributed by atoms with Crippen LogP contribution in [0.1, 0.15) is 26.3 Å². The van der Waals surface area contributed by atoms with E-state index in [0.29, 0.717) is 12.6 Å². The van der Waals surface area contributed by atoms with E-state index in [0.717, 1.165) is 12.1 Å². The van der Waals surface area contributed by atoms with Gasteiger partial charge < -0.3 is 16.0 Å². The van der Waals surface area contributed by atoms with E-state index in [4.69, 9.17) is 5.73 Å². The highest BCUT2D eigenvalue weighted by molar-refractivity contribution is 5.86. The first kappa shape index (κ1) is 15.7. The van der Waals surface area contributed by atoms with Gasteiger partial charge in [0.1, 0.15) is 5.54 Å². The summed E-state index contributed by atoms with van der Waals surface area (Å²) in [5.41, 5.74) is 5.97. The molecule has 0 heterocycles. The Labute approximate surface area is 116 Å². The normalized spacial score (nSPS) is 14.5. The van der Waals surface area contributed by atoms with Gasteiger partial charge in [0.15, 0.2) is 0 Å². The summed E-state index contributed by atoms with van der Waals surface area (Å²) < 4.78 is 0. The highest BCUT2D eigenvalue weighted by Crippen LogP contribution is 2.17. The van der Waals surface area contributed by atoms with Crippen LogP contribution < -0.4 is 11.1 Å². The van der Waals surface area contributed by atoms with Gasteiger partial charge in [-0.05, 0) is 33.4 Å². The molecule has 106 valence electrons. The minimum atomic E-state index is -0.988. The molecule has 4 heteroatoms. The van der Waals surface area contributed by atoms with Crippen LogP contribution in [-0.4, -0.2) is 37.0 Å². The van der Waals surface area contributed by atoms with Crippen molar-refractivity contribution >= 4 is 5.91 Å². The number of nitrogens with zero attached hydrogens (tertiary/aromatic N) is 1. The van der Waals surface area contributed by atoms with Crippen LogP contribution in [0.3, 0.4) is 0 Å². The van der Waals surface area contributed by atoms with Crippen molar-refractivity contribution in [3.63, 3.8) is 0 Å². The second-order valence-corrected chi connectivity index (χ2v) is 5.40. The summed E-state index contributed by atoms with van der Waals surface area (Å²) in [6.45, 7) is 7.41. The average molecular weight is 263 g/mol. The molecule has 1 amide bonds. The summed E-state index contributed by atoms with van der Waals surface area (Å²) in [5.74, 6) is -0.143. The Balaban J connectivity index is 2.53. The monoisotopic (exact) mass is 263 g/mol. The van der Waals surface area contributed by atoms with Crippen molar-refractivity contribution in [1.82, 2.24) is 10.2 Å². The van der Waals surface area contributed by atoms with Gasteiger partial charge in [-0.25, -0.2) is 0 Å². The molecule has 19 heavy (non-hydrogen) atoms. The Bertz CT molecular complexity index is 401. The predicted octanol–water partition coefficient (Wildman–Crippen LogP) is 1.32. The zero-order valence-electron chi connectivity index (χ0n) is 12.3. The van der Waals surface area contributed by atoms with Gasteiger partial charge in [-0.15, -0.1) is 0 Å². The van der Waals surface area contributed by atoms with Crippen LogP contribution in [0.2, 0.25) is 0 Å². The third-order valence-corrected chi connectivity index (χ3v) is 3.48. The van der Waals surface area contributed by atoms with Gasteiger partial charge in [-0.3, -0.25) is 4.79 Å². The van der Waals surface area contributed by atoms with Crippen LogP contribution in [0.4, 0.5) is 0 Å². The molecule has 0 radical (unpaired) electrons. The van der Waals surface area contributed by atoms with Gasteiger partial charge in [-0.2, -0.15) is 0 Å². The van der Waals surface area contributed by atoms with E-state index in [1.807, 2.05) is 37.4 Å². The molecule has 1 aromatic rings. The Morgan fingerprint density at radius 1 is 1.37 bits per heavy atom. The molecule has 0 aliphatic carbocycles. The van der Waals surface area contributed by atoms with Gasteiger partial charge in [0.2, 0.25) is 5.91 Å². The van der Waals surface area contributed by atoms with Crippen molar-refractivity contribution < 1.29 is 4.79 Å². The minimum absolute atomic E-state index is 0.143. The number of rotatable bonds is 6. The van der Waals surface area contributed by atoms with Crippen molar-refractivity contribution in [3.8, 4) is 0 Å². The number of benzene rings is 1. The number of likely N-dealkylation sites (N-methyl/N-ethyl adjacent to an activating group) is 1. The molecule has 1 aromatic carbocycles. The van der Waals surface area contributed by atoms with Crippen molar-refractivity contribution in [2.24, 2.45) is 5.73 Å². The lowest BCUT2D eigenvalue weighted by Gasteiger charge is -2.26. The Kier molecular flexibility index (Phi) is 5.51. The van der Waals surface area contributed by atoms with Crippen LogP contribution in [0, 0.1) is 0 Å². The Hall–Kier alpha value is -1.39. The SMILES string of the molecule is CC(C)N(C)CCNC(=O)C(C)(N)c1ccccc1. The zero-order chi connectivity index (χ0) is 14.5. The van der Waals surface area contributed by atoms with Crippen LogP contribution in [-0.2, 0) is 10.3 Å². The fraction of sp³-hybridized carbons (Fsp3) is 0.533. The fourth-order valence-electron chi connectivity index (χ4n) is 1.70. The number of carbonyl (C=O) groups excluding carboxylic acids is 1. The van der Waals surface area contributed by atoms with E-state index in [9.17, 15) is 4.79 Å². The summed E-state index contributed by atoms with van der Waals surface area (Å²) in [6.07, 6.45) is 0.